The number of carbonyl (C=O) groups excluding carboxylic acids is 2. The maximum atomic E-state index is 14.3. The Bertz CT molecular complexity index is 1920. The van der Waals surface area contributed by atoms with Gasteiger partial charge in [-0.15, -0.1) is 0 Å². The molecule has 2 aliphatic carbocycles. The lowest BCUT2D eigenvalue weighted by molar-refractivity contribution is -0.190. The van der Waals surface area contributed by atoms with Crippen LogP contribution in [0.5, 0.6) is 0 Å². The molecule has 0 aliphatic heterocycles. The summed E-state index contributed by atoms with van der Waals surface area (Å²) in [6.45, 7) is 4.40. The molecule has 2 N–H and O–H groups in total. The Hall–Kier alpha value is -5.48. The molecule has 6 rings (SSSR count). The lowest BCUT2D eigenvalue weighted by atomic mass is 9.84. The molecule has 4 aromatic rings. The number of ether oxygens (including phenoxy) is 2. The van der Waals surface area contributed by atoms with Crippen LogP contribution in [0, 0.1) is 5.92 Å². The van der Waals surface area contributed by atoms with E-state index in [-0.39, 0.29) is 37.4 Å². The molecular formula is C41H42N2O8. The van der Waals surface area contributed by atoms with Gasteiger partial charge in [-0.1, -0.05) is 111 Å². The van der Waals surface area contributed by atoms with E-state index in [2.05, 4.69) is 0 Å². The minimum absolute atomic E-state index is 0.0843. The summed E-state index contributed by atoms with van der Waals surface area (Å²) in [7, 11) is 2.45. The van der Waals surface area contributed by atoms with Crippen LogP contribution in [-0.4, -0.2) is 82.5 Å². The van der Waals surface area contributed by atoms with Crippen molar-refractivity contribution in [2.45, 2.75) is 50.2 Å². The van der Waals surface area contributed by atoms with E-state index in [9.17, 15) is 29.4 Å². The van der Waals surface area contributed by atoms with Gasteiger partial charge in [-0.3, -0.25) is 4.90 Å². The molecule has 0 saturated carbocycles. The zero-order chi connectivity index (χ0) is 36.7. The first-order valence-electron chi connectivity index (χ1n) is 17.0. The zero-order valence-corrected chi connectivity index (χ0v) is 29.3. The number of likely N-dealkylation sites (N-methyl/N-ethyl adjacent to an activating group) is 2. The Morgan fingerprint density at radius 1 is 0.647 bits per heavy atom. The predicted octanol–water partition coefficient (Wildman–Crippen LogP) is 6.83. The predicted molar refractivity (Wildman–Crippen MR) is 191 cm³/mol. The van der Waals surface area contributed by atoms with Crippen molar-refractivity contribution >= 4 is 24.0 Å². The number of hydrogen-bond acceptors (Lipinski definition) is 7. The van der Waals surface area contributed by atoms with Gasteiger partial charge in [-0.2, -0.15) is 0 Å². The van der Waals surface area contributed by atoms with Gasteiger partial charge in [0.2, 0.25) is 5.54 Å². The van der Waals surface area contributed by atoms with Crippen molar-refractivity contribution in [2.24, 2.45) is 5.92 Å². The van der Waals surface area contributed by atoms with Crippen LogP contribution in [0.15, 0.2) is 97.1 Å². The van der Waals surface area contributed by atoms with Gasteiger partial charge in [0, 0.05) is 18.9 Å². The third kappa shape index (κ3) is 5.83. The topological polar surface area (TPSA) is 134 Å². The largest absolute Gasteiger partial charge is 0.479 e. The summed E-state index contributed by atoms with van der Waals surface area (Å²) in [5, 5.41) is 21.6. The first kappa shape index (κ1) is 35.3. The average molecular weight is 691 g/mol. The van der Waals surface area contributed by atoms with E-state index < -0.39 is 35.2 Å². The van der Waals surface area contributed by atoms with Crippen molar-refractivity contribution < 1.29 is 38.9 Å². The summed E-state index contributed by atoms with van der Waals surface area (Å²) in [6.07, 6.45) is -1.29. The first-order valence-corrected chi connectivity index (χ1v) is 17.0. The second-order valence-corrected chi connectivity index (χ2v) is 13.8. The van der Waals surface area contributed by atoms with Gasteiger partial charge in [0.15, 0.2) is 5.66 Å². The Morgan fingerprint density at radius 2 is 1.02 bits per heavy atom. The van der Waals surface area contributed by atoms with Crippen molar-refractivity contribution in [1.82, 2.24) is 9.80 Å². The molecule has 2 atom stereocenters. The lowest BCUT2D eigenvalue weighted by Crippen LogP contribution is -2.73. The summed E-state index contributed by atoms with van der Waals surface area (Å²) in [4.78, 5) is 56.3. The van der Waals surface area contributed by atoms with E-state index in [1.54, 1.807) is 13.8 Å². The lowest BCUT2D eigenvalue weighted by Gasteiger charge is -2.48. The summed E-state index contributed by atoms with van der Waals surface area (Å²) >= 11 is 0. The van der Waals surface area contributed by atoms with E-state index in [0.717, 1.165) is 54.3 Å². The summed E-state index contributed by atoms with van der Waals surface area (Å²) in [5.74, 6) is -5.30. The third-order valence-corrected chi connectivity index (χ3v) is 10.6. The quantitative estimate of drug-likeness (QED) is 0.0933. The Morgan fingerprint density at radius 3 is 1.37 bits per heavy atom. The highest BCUT2D eigenvalue weighted by molar-refractivity contribution is 6.05. The summed E-state index contributed by atoms with van der Waals surface area (Å²) in [5.41, 5.74) is 3.04. The van der Waals surface area contributed by atoms with Gasteiger partial charge in [0.25, 0.3) is 0 Å². The van der Waals surface area contributed by atoms with Crippen LogP contribution in [0.1, 0.15) is 61.3 Å². The van der Waals surface area contributed by atoms with Crippen LogP contribution in [-0.2, 0) is 23.9 Å². The molecule has 4 aromatic carbocycles. The number of esters is 1. The van der Waals surface area contributed by atoms with Crippen LogP contribution in [0.25, 0.3) is 22.3 Å². The smallest absolute Gasteiger partial charge is 0.411 e. The van der Waals surface area contributed by atoms with Gasteiger partial charge in [-0.25, -0.2) is 24.1 Å². The molecule has 0 saturated heterocycles. The Labute approximate surface area is 297 Å². The number of fused-ring (bicyclic) bond motifs is 6. The second kappa shape index (κ2) is 13.7. The van der Waals surface area contributed by atoms with E-state index in [1.165, 1.54) is 21.0 Å². The standard InChI is InChI=1S/C41H42N2O8/c1-25(2)22-41(37(46)47,38(48)50-23-34-30-18-10-6-14-26(30)27-15-7-11-19-31(27)34)43(5)40(3,36(44)45)42(4)39(49)51-24-35-32-20-12-8-16-28(32)29-17-9-13-21-33(29)35/h6-21,25,34-35H,22-24H2,1-5H3,(H,44,45)(H,46,47)/t40-,41+/m1/s1. The molecule has 51 heavy (non-hydrogen) atoms. The number of carbonyl (C=O) groups is 4. The molecule has 0 heterocycles. The molecule has 0 aromatic heterocycles. The maximum Gasteiger partial charge on any atom is 0.411 e. The van der Waals surface area contributed by atoms with Crippen molar-refractivity contribution in [2.75, 3.05) is 27.3 Å². The number of nitrogens with zero attached hydrogens (tertiary/aromatic N) is 2. The number of carboxylic acid groups (broad SMARTS) is 2. The molecule has 264 valence electrons. The molecule has 0 bridgehead atoms. The third-order valence-electron chi connectivity index (χ3n) is 10.6. The molecule has 0 spiro atoms. The van der Waals surface area contributed by atoms with E-state index in [4.69, 9.17) is 9.47 Å². The monoisotopic (exact) mass is 690 g/mol. The minimum atomic E-state index is -2.49. The Kier molecular flexibility index (Phi) is 9.48. The highest BCUT2D eigenvalue weighted by Crippen LogP contribution is 2.46. The number of hydrogen-bond donors (Lipinski definition) is 2. The second-order valence-electron chi connectivity index (χ2n) is 13.8. The van der Waals surface area contributed by atoms with Gasteiger partial charge >= 0.3 is 24.0 Å². The fourth-order valence-electron chi connectivity index (χ4n) is 7.74. The van der Waals surface area contributed by atoms with Gasteiger partial charge in [0.05, 0.1) is 0 Å². The van der Waals surface area contributed by atoms with Crippen LogP contribution >= 0.6 is 0 Å². The molecule has 10 heteroatoms. The van der Waals surface area contributed by atoms with Gasteiger partial charge < -0.3 is 19.7 Å². The molecule has 1 amide bonds. The fourth-order valence-corrected chi connectivity index (χ4v) is 7.74. The van der Waals surface area contributed by atoms with Crippen LogP contribution in [0.3, 0.4) is 0 Å². The average Bonchev–Trinajstić information content (AvgIpc) is 3.62. The molecule has 0 unspecified atom stereocenters. The normalized spacial score (nSPS) is 15.6. The number of rotatable bonds is 12. The van der Waals surface area contributed by atoms with Crippen molar-refractivity contribution in [3.63, 3.8) is 0 Å². The molecule has 2 aliphatic rings. The van der Waals surface area contributed by atoms with Gasteiger partial charge in [0.1, 0.15) is 13.2 Å². The number of amides is 1. The van der Waals surface area contributed by atoms with E-state index in [0.29, 0.717) is 0 Å². The number of carboxylic acids is 2. The van der Waals surface area contributed by atoms with Crippen molar-refractivity contribution in [3.05, 3.63) is 119 Å². The SMILES string of the molecule is CC(C)C[C@](C(=O)O)(C(=O)OCC1c2ccccc2-c2ccccc21)N(C)[C@](C)(C(=O)O)N(C)C(=O)OCC1c2ccccc2-c2ccccc21. The first-order chi connectivity index (χ1) is 24.3. The van der Waals surface area contributed by atoms with Crippen molar-refractivity contribution in [1.29, 1.82) is 0 Å². The Balaban J connectivity index is 1.27. The number of aliphatic carboxylic acids is 2. The minimum Gasteiger partial charge on any atom is -0.479 e. The van der Waals surface area contributed by atoms with Crippen LogP contribution in [0.4, 0.5) is 4.79 Å². The van der Waals surface area contributed by atoms with Gasteiger partial charge in [-0.05, 0) is 70.8 Å². The summed E-state index contributed by atoms with van der Waals surface area (Å²) in [6, 6.07) is 31.1. The highest BCUT2D eigenvalue weighted by atomic mass is 16.6. The fraction of sp³-hybridized carbons (Fsp3) is 0.317. The van der Waals surface area contributed by atoms with Crippen LogP contribution in [0.2, 0.25) is 0 Å². The maximum absolute atomic E-state index is 14.3. The van der Waals surface area contributed by atoms with Crippen molar-refractivity contribution in [3.8, 4) is 22.3 Å². The molecule has 0 radical (unpaired) electrons. The van der Waals surface area contributed by atoms with E-state index in [1.807, 2.05) is 97.1 Å². The number of benzene rings is 4. The molecule has 0 fully saturated rings. The summed E-state index contributed by atoms with van der Waals surface area (Å²) < 4.78 is 11.7. The highest BCUT2D eigenvalue weighted by Gasteiger charge is 2.61. The van der Waals surface area contributed by atoms with Crippen LogP contribution < -0.4 is 0 Å². The van der Waals surface area contributed by atoms with E-state index >= 15 is 0 Å². The molecular weight excluding hydrogens is 648 g/mol. The zero-order valence-electron chi connectivity index (χ0n) is 29.3. The molecule has 10 nitrogen and oxygen atoms in total.